The molecule has 112 valence electrons. The fraction of sp³-hybridized carbons (Fsp3) is 0.417. The molecule has 0 atom stereocenters. The molecule has 20 heavy (non-hydrogen) atoms. The molecule has 8 heteroatoms. The molecule has 0 fully saturated rings. The number of nitrogen functional groups attached to an aromatic ring is 1. The Balaban J connectivity index is 3.20. The highest BCUT2D eigenvalue weighted by Gasteiger charge is 2.27. The predicted octanol–water partition coefficient (Wildman–Crippen LogP) is 0.106. The van der Waals surface area contributed by atoms with E-state index in [-0.39, 0.29) is 28.8 Å². The third-order valence-electron chi connectivity index (χ3n) is 2.54. The van der Waals surface area contributed by atoms with Gasteiger partial charge in [-0.15, -0.1) is 0 Å². The van der Waals surface area contributed by atoms with E-state index in [0.29, 0.717) is 0 Å². The van der Waals surface area contributed by atoms with Crippen LogP contribution in [0.2, 0.25) is 0 Å². The molecule has 1 aromatic carbocycles. The fourth-order valence-corrected chi connectivity index (χ4v) is 3.28. The number of benzene rings is 1. The monoisotopic (exact) mass is 301 g/mol. The van der Waals surface area contributed by atoms with Gasteiger partial charge in [0.05, 0.1) is 17.1 Å². The number of nitrogens with two attached hydrogens (primary N) is 2. The molecule has 1 rings (SSSR count). The van der Waals surface area contributed by atoms with E-state index >= 15 is 0 Å². The van der Waals surface area contributed by atoms with E-state index in [9.17, 15) is 18.3 Å². The standard InChI is InChI=1S/C12H19N3O4S/c1-8(2)6-15(7-12(14)17)20(18,19)9-3-4-11(16)10(13)5-9/h3-5,8,16H,6-7,13H2,1-2H3,(H2,14,17). The normalized spacial score (nSPS) is 12.0. The number of primary amides is 1. The topological polar surface area (TPSA) is 127 Å². The highest BCUT2D eigenvalue weighted by atomic mass is 32.2. The lowest BCUT2D eigenvalue weighted by atomic mass is 10.2. The molecule has 0 unspecified atom stereocenters. The van der Waals surface area contributed by atoms with Crippen molar-refractivity contribution < 1.29 is 18.3 Å². The molecule has 0 aromatic heterocycles. The van der Waals surface area contributed by atoms with Gasteiger partial charge in [0.1, 0.15) is 5.75 Å². The third kappa shape index (κ3) is 3.84. The van der Waals surface area contributed by atoms with E-state index in [0.717, 1.165) is 10.4 Å². The smallest absolute Gasteiger partial charge is 0.243 e. The molecule has 5 N–H and O–H groups in total. The molecule has 7 nitrogen and oxygen atoms in total. The molecule has 0 aliphatic heterocycles. The predicted molar refractivity (Wildman–Crippen MR) is 75.3 cm³/mol. The van der Waals surface area contributed by atoms with Crippen molar-refractivity contribution in [3.8, 4) is 5.75 Å². The summed E-state index contributed by atoms with van der Waals surface area (Å²) in [4.78, 5) is 11.0. The summed E-state index contributed by atoms with van der Waals surface area (Å²) in [6.07, 6.45) is 0. The van der Waals surface area contributed by atoms with Crippen molar-refractivity contribution in [3.63, 3.8) is 0 Å². The quantitative estimate of drug-likeness (QED) is 0.507. The van der Waals surface area contributed by atoms with E-state index in [1.807, 2.05) is 13.8 Å². The number of amides is 1. The van der Waals surface area contributed by atoms with Crippen LogP contribution in [0.25, 0.3) is 0 Å². The molecule has 1 amide bonds. The molecule has 0 radical (unpaired) electrons. The van der Waals surface area contributed by atoms with Crippen LogP contribution >= 0.6 is 0 Å². The van der Waals surface area contributed by atoms with E-state index in [1.165, 1.54) is 12.1 Å². The minimum atomic E-state index is -3.89. The maximum Gasteiger partial charge on any atom is 0.243 e. The van der Waals surface area contributed by atoms with Gasteiger partial charge in [-0.05, 0) is 24.1 Å². The van der Waals surface area contributed by atoms with Crippen molar-refractivity contribution in [3.05, 3.63) is 18.2 Å². The molecule has 1 aromatic rings. The molecular formula is C12H19N3O4S. The Kier molecular flexibility index (Phi) is 4.96. The number of hydrogen-bond donors (Lipinski definition) is 3. The number of hydrogen-bond acceptors (Lipinski definition) is 5. The largest absolute Gasteiger partial charge is 0.506 e. The number of rotatable bonds is 6. The Hall–Kier alpha value is -1.80. The first-order valence-corrected chi connectivity index (χ1v) is 7.45. The van der Waals surface area contributed by atoms with Crippen molar-refractivity contribution >= 4 is 21.6 Å². The first-order chi connectivity index (χ1) is 9.14. The van der Waals surface area contributed by atoms with Gasteiger partial charge in [0, 0.05) is 6.54 Å². The minimum absolute atomic E-state index is 0.0265. The first kappa shape index (κ1) is 16.3. The molecule has 0 saturated carbocycles. The van der Waals surface area contributed by atoms with Crippen LogP contribution in [0.5, 0.6) is 5.75 Å². The van der Waals surface area contributed by atoms with Crippen LogP contribution in [-0.2, 0) is 14.8 Å². The van der Waals surface area contributed by atoms with Crippen LogP contribution in [0.15, 0.2) is 23.1 Å². The van der Waals surface area contributed by atoms with E-state index in [2.05, 4.69) is 0 Å². The van der Waals surface area contributed by atoms with Crippen LogP contribution in [0.3, 0.4) is 0 Å². The maximum atomic E-state index is 12.4. The van der Waals surface area contributed by atoms with Crippen LogP contribution < -0.4 is 11.5 Å². The summed E-state index contributed by atoms with van der Waals surface area (Å²) in [6, 6.07) is 3.58. The Labute approximate surface area is 118 Å². The summed E-state index contributed by atoms with van der Waals surface area (Å²) in [5.74, 6) is -0.908. The molecule has 0 aliphatic carbocycles. The highest BCUT2D eigenvalue weighted by Crippen LogP contribution is 2.25. The van der Waals surface area contributed by atoms with Crippen LogP contribution in [0, 0.1) is 5.92 Å². The SMILES string of the molecule is CC(C)CN(CC(N)=O)S(=O)(=O)c1ccc(O)c(N)c1. The van der Waals surface area contributed by atoms with Crippen molar-refractivity contribution in [2.24, 2.45) is 11.7 Å². The van der Waals surface area contributed by atoms with Crippen LogP contribution in [0.4, 0.5) is 5.69 Å². The average molecular weight is 301 g/mol. The van der Waals surface area contributed by atoms with Crippen molar-refractivity contribution in [1.82, 2.24) is 4.31 Å². The third-order valence-corrected chi connectivity index (χ3v) is 4.35. The summed E-state index contributed by atoms with van der Waals surface area (Å²) in [5, 5.41) is 9.33. The van der Waals surface area contributed by atoms with Crippen LogP contribution in [-0.4, -0.2) is 36.8 Å². The number of anilines is 1. The zero-order valence-corrected chi connectivity index (χ0v) is 12.2. The van der Waals surface area contributed by atoms with Crippen LogP contribution in [0.1, 0.15) is 13.8 Å². The van der Waals surface area contributed by atoms with Gasteiger partial charge in [0.25, 0.3) is 0 Å². The fourth-order valence-electron chi connectivity index (χ4n) is 1.67. The van der Waals surface area contributed by atoms with Gasteiger partial charge in [-0.25, -0.2) is 8.42 Å². The second kappa shape index (κ2) is 6.10. The lowest BCUT2D eigenvalue weighted by Crippen LogP contribution is -2.40. The van der Waals surface area contributed by atoms with Crippen molar-refractivity contribution in [2.75, 3.05) is 18.8 Å². The molecule has 0 heterocycles. The van der Waals surface area contributed by atoms with Gasteiger partial charge >= 0.3 is 0 Å². The minimum Gasteiger partial charge on any atom is -0.506 e. The van der Waals surface area contributed by atoms with Gasteiger partial charge in [-0.3, -0.25) is 4.79 Å². The Morgan fingerprint density at radius 2 is 2.00 bits per heavy atom. The lowest BCUT2D eigenvalue weighted by Gasteiger charge is -2.22. The van der Waals surface area contributed by atoms with Crippen molar-refractivity contribution in [1.29, 1.82) is 0 Å². The molecular weight excluding hydrogens is 282 g/mol. The number of phenolic OH excluding ortho intramolecular Hbond substituents is 1. The van der Waals surface area contributed by atoms with Gasteiger partial charge in [0.15, 0.2) is 0 Å². The Morgan fingerprint density at radius 3 is 2.45 bits per heavy atom. The zero-order chi connectivity index (χ0) is 15.5. The van der Waals surface area contributed by atoms with Gasteiger partial charge < -0.3 is 16.6 Å². The highest BCUT2D eigenvalue weighted by molar-refractivity contribution is 7.89. The second-order valence-electron chi connectivity index (χ2n) is 4.88. The molecule has 0 bridgehead atoms. The number of carbonyl (C=O) groups is 1. The number of phenols is 1. The molecule has 0 saturated heterocycles. The Bertz CT molecular complexity index is 599. The number of sulfonamides is 1. The molecule has 0 spiro atoms. The lowest BCUT2D eigenvalue weighted by molar-refractivity contribution is -0.118. The maximum absolute atomic E-state index is 12.4. The summed E-state index contributed by atoms with van der Waals surface area (Å²) in [5.41, 5.74) is 10.5. The van der Waals surface area contributed by atoms with Gasteiger partial charge in [-0.1, -0.05) is 13.8 Å². The zero-order valence-electron chi connectivity index (χ0n) is 11.4. The van der Waals surface area contributed by atoms with E-state index in [4.69, 9.17) is 11.5 Å². The number of nitrogens with zero attached hydrogens (tertiary/aromatic N) is 1. The number of aromatic hydroxyl groups is 1. The average Bonchev–Trinajstić information content (AvgIpc) is 2.30. The van der Waals surface area contributed by atoms with E-state index < -0.39 is 22.5 Å². The molecule has 0 aliphatic rings. The van der Waals surface area contributed by atoms with E-state index in [1.54, 1.807) is 0 Å². The van der Waals surface area contributed by atoms with Gasteiger partial charge in [0.2, 0.25) is 15.9 Å². The number of carbonyl (C=O) groups excluding carboxylic acids is 1. The summed E-state index contributed by atoms with van der Waals surface area (Å²) in [7, 11) is -3.89. The summed E-state index contributed by atoms with van der Waals surface area (Å²) >= 11 is 0. The second-order valence-corrected chi connectivity index (χ2v) is 6.82. The van der Waals surface area contributed by atoms with Crippen molar-refractivity contribution in [2.45, 2.75) is 18.7 Å². The summed E-state index contributed by atoms with van der Waals surface area (Å²) < 4.78 is 25.9. The Morgan fingerprint density at radius 1 is 1.40 bits per heavy atom. The van der Waals surface area contributed by atoms with Gasteiger partial charge in [-0.2, -0.15) is 4.31 Å². The summed E-state index contributed by atoms with van der Waals surface area (Å²) in [6.45, 7) is 3.41. The first-order valence-electron chi connectivity index (χ1n) is 6.01.